The minimum atomic E-state index is -0.529. The Bertz CT molecular complexity index is 1060. The molecule has 30 heavy (non-hydrogen) atoms. The highest BCUT2D eigenvalue weighted by Crippen LogP contribution is 2.29. The number of pyridine rings is 1. The van der Waals surface area contributed by atoms with Crippen molar-refractivity contribution in [2.75, 3.05) is 5.32 Å². The molecule has 158 valence electrons. The van der Waals surface area contributed by atoms with E-state index in [2.05, 4.69) is 30.6 Å². The zero-order valence-electron chi connectivity index (χ0n) is 16.7. The lowest BCUT2D eigenvalue weighted by molar-refractivity contribution is -0.122. The Morgan fingerprint density at radius 2 is 2.07 bits per heavy atom. The number of nitrogens with zero attached hydrogens (tertiary/aromatic N) is 3. The van der Waals surface area contributed by atoms with E-state index in [1.165, 1.54) is 0 Å². The summed E-state index contributed by atoms with van der Waals surface area (Å²) in [7, 11) is 0. The number of nitrogens with one attached hydrogen (secondary N) is 3. The third kappa shape index (κ3) is 4.38. The van der Waals surface area contributed by atoms with Crippen molar-refractivity contribution in [2.24, 2.45) is 0 Å². The van der Waals surface area contributed by atoms with Crippen LogP contribution in [0.25, 0.3) is 22.4 Å². The van der Waals surface area contributed by atoms with Crippen LogP contribution in [-0.2, 0) is 4.79 Å². The quantitative estimate of drug-likeness (QED) is 0.537. The standard InChI is InChI=1S/C21H24ClFN6O/c1-2-5-18(30)27-16-6-3-4-7-17(16)28-21-15(23)11-26-20(29-21)14-10-25-19-13(14)8-12(22)9-24-19/h8-11,16-17H,2-7H2,1H3,(H,24,25)(H,27,30)(H,26,28,29)/t16-,17-/m1/s1. The van der Waals surface area contributed by atoms with Gasteiger partial charge in [0.25, 0.3) is 0 Å². The predicted molar refractivity (Wildman–Crippen MR) is 115 cm³/mol. The molecule has 2 atom stereocenters. The Morgan fingerprint density at radius 1 is 1.27 bits per heavy atom. The van der Waals surface area contributed by atoms with Gasteiger partial charge in [0.1, 0.15) is 5.65 Å². The molecular weight excluding hydrogens is 407 g/mol. The number of rotatable bonds is 6. The predicted octanol–water partition coefficient (Wildman–Crippen LogP) is 4.45. The Hall–Kier alpha value is -2.74. The maximum absolute atomic E-state index is 14.5. The van der Waals surface area contributed by atoms with Crippen LogP contribution in [0.3, 0.4) is 0 Å². The van der Waals surface area contributed by atoms with Crippen molar-refractivity contribution in [1.29, 1.82) is 0 Å². The number of hydrogen-bond donors (Lipinski definition) is 3. The Labute approximate surface area is 178 Å². The first-order valence-electron chi connectivity index (χ1n) is 10.3. The van der Waals surface area contributed by atoms with Crippen LogP contribution in [0, 0.1) is 5.82 Å². The molecule has 3 aromatic heterocycles. The van der Waals surface area contributed by atoms with Gasteiger partial charge in [-0.25, -0.2) is 19.3 Å². The summed E-state index contributed by atoms with van der Waals surface area (Å²) >= 11 is 6.08. The smallest absolute Gasteiger partial charge is 0.220 e. The number of amides is 1. The summed E-state index contributed by atoms with van der Waals surface area (Å²) < 4.78 is 14.5. The fourth-order valence-electron chi connectivity index (χ4n) is 3.92. The lowest BCUT2D eigenvalue weighted by Gasteiger charge is -2.33. The SMILES string of the molecule is CCCC(=O)N[C@@H]1CCCC[C@H]1Nc1nc(-c2c[nH]c3ncc(Cl)cc23)ncc1F. The molecule has 0 aliphatic heterocycles. The number of fused-ring (bicyclic) bond motifs is 1. The number of carbonyl (C=O) groups is 1. The lowest BCUT2D eigenvalue weighted by Crippen LogP contribution is -2.48. The van der Waals surface area contributed by atoms with E-state index in [1.54, 1.807) is 18.5 Å². The van der Waals surface area contributed by atoms with E-state index < -0.39 is 5.82 Å². The Kier molecular flexibility index (Phi) is 6.13. The molecule has 1 aliphatic carbocycles. The van der Waals surface area contributed by atoms with Gasteiger partial charge >= 0.3 is 0 Å². The van der Waals surface area contributed by atoms with Gasteiger partial charge in [-0.15, -0.1) is 0 Å². The van der Waals surface area contributed by atoms with Crippen LogP contribution in [0.5, 0.6) is 0 Å². The van der Waals surface area contributed by atoms with Gasteiger partial charge in [-0.3, -0.25) is 4.79 Å². The van der Waals surface area contributed by atoms with Gasteiger partial charge in [-0.05, 0) is 25.3 Å². The first-order chi connectivity index (χ1) is 14.5. The van der Waals surface area contributed by atoms with Crippen LogP contribution >= 0.6 is 11.6 Å². The number of carbonyl (C=O) groups excluding carboxylic acids is 1. The van der Waals surface area contributed by atoms with Gasteiger partial charge in [-0.2, -0.15) is 0 Å². The highest BCUT2D eigenvalue weighted by molar-refractivity contribution is 6.31. The summed E-state index contributed by atoms with van der Waals surface area (Å²) in [6, 6.07) is 1.64. The first-order valence-corrected chi connectivity index (χ1v) is 10.6. The van der Waals surface area contributed by atoms with E-state index in [0.29, 0.717) is 28.5 Å². The molecule has 1 amide bonds. The van der Waals surface area contributed by atoms with Crippen LogP contribution in [0.4, 0.5) is 10.2 Å². The second-order valence-electron chi connectivity index (χ2n) is 7.60. The Morgan fingerprint density at radius 3 is 2.87 bits per heavy atom. The topological polar surface area (TPSA) is 95.6 Å². The fraction of sp³-hybridized carbons (Fsp3) is 0.429. The largest absolute Gasteiger partial charge is 0.363 e. The summed E-state index contributed by atoms with van der Waals surface area (Å²) in [5.74, 6) is 0.00440. The molecule has 1 fully saturated rings. The van der Waals surface area contributed by atoms with Crippen LogP contribution in [0.2, 0.25) is 5.02 Å². The van der Waals surface area contributed by atoms with Gasteiger partial charge in [-0.1, -0.05) is 31.4 Å². The minimum absolute atomic E-state index is 0.0308. The molecule has 0 unspecified atom stereocenters. The third-order valence-corrected chi connectivity index (χ3v) is 5.60. The van der Waals surface area contributed by atoms with E-state index >= 15 is 0 Å². The maximum atomic E-state index is 14.5. The van der Waals surface area contributed by atoms with Crippen LogP contribution in [-0.4, -0.2) is 37.9 Å². The molecule has 0 radical (unpaired) electrons. The molecule has 0 bridgehead atoms. The number of aromatic amines is 1. The van der Waals surface area contributed by atoms with Crippen LogP contribution in [0.15, 0.2) is 24.7 Å². The maximum Gasteiger partial charge on any atom is 0.220 e. The molecule has 4 rings (SSSR count). The molecule has 7 nitrogen and oxygen atoms in total. The lowest BCUT2D eigenvalue weighted by atomic mass is 9.90. The number of hydrogen-bond acceptors (Lipinski definition) is 5. The average molecular weight is 431 g/mol. The fourth-order valence-corrected chi connectivity index (χ4v) is 4.08. The van der Waals surface area contributed by atoms with Crippen molar-refractivity contribution in [3.05, 3.63) is 35.5 Å². The van der Waals surface area contributed by atoms with Gasteiger partial charge in [0.05, 0.1) is 11.2 Å². The first kappa shape index (κ1) is 20.5. The summed E-state index contributed by atoms with van der Waals surface area (Å²) in [6.45, 7) is 1.97. The van der Waals surface area contributed by atoms with Crippen LogP contribution in [0.1, 0.15) is 45.4 Å². The highest BCUT2D eigenvalue weighted by atomic mass is 35.5. The molecule has 1 aliphatic rings. The molecular formula is C21H24ClFN6O. The van der Waals surface area contributed by atoms with Crippen LogP contribution < -0.4 is 10.6 Å². The summed E-state index contributed by atoms with van der Waals surface area (Å²) in [5, 5.41) is 7.57. The van der Waals surface area contributed by atoms with E-state index in [-0.39, 0.29) is 23.8 Å². The Balaban J connectivity index is 1.59. The van der Waals surface area contributed by atoms with Crippen molar-refractivity contribution in [3.63, 3.8) is 0 Å². The van der Waals surface area contributed by atoms with Crippen molar-refractivity contribution >= 4 is 34.4 Å². The van der Waals surface area contributed by atoms with E-state index in [4.69, 9.17) is 11.6 Å². The number of anilines is 1. The number of halogens is 2. The molecule has 3 aromatic rings. The normalized spacial score (nSPS) is 19.0. The molecule has 0 aromatic carbocycles. The van der Waals surface area contributed by atoms with Gasteiger partial charge in [0, 0.05) is 41.8 Å². The zero-order chi connectivity index (χ0) is 21.1. The van der Waals surface area contributed by atoms with E-state index in [9.17, 15) is 9.18 Å². The summed E-state index contributed by atoms with van der Waals surface area (Å²) in [4.78, 5) is 28.0. The van der Waals surface area contributed by atoms with Gasteiger partial charge in [0.15, 0.2) is 17.5 Å². The minimum Gasteiger partial charge on any atom is -0.363 e. The van der Waals surface area contributed by atoms with Crippen molar-refractivity contribution in [3.8, 4) is 11.4 Å². The monoisotopic (exact) mass is 430 g/mol. The molecule has 3 N–H and O–H groups in total. The van der Waals surface area contributed by atoms with Crippen molar-refractivity contribution in [1.82, 2.24) is 25.3 Å². The second kappa shape index (κ2) is 8.95. The average Bonchev–Trinajstić information content (AvgIpc) is 3.14. The van der Waals surface area contributed by atoms with E-state index in [1.807, 2.05) is 6.92 Å². The summed E-state index contributed by atoms with van der Waals surface area (Å²) in [6.07, 6.45) is 9.49. The zero-order valence-corrected chi connectivity index (χ0v) is 17.5. The van der Waals surface area contributed by atoms with Gasteiger partial charge < -0.3 is 15.6 Å². The molecule has 9 heteroatoms. The molecule has 3 heterocycles. The molecule has 1 saturated carbocycles. The number of H-pyrrole nitrogens is 1. The second-order valence-corrected chi connectivity index (χ2v) is 8.04. The number of aromatic nitrogens is 4. The highest BCUT2D eigenvalue weighted by Gasteiger charge is 2.27. The molecule has 0 saturated heterocycles. The molecule has 0 spiro atoms. The van der Waals surface area contributed by atoms with E-state index in [0.717, 1.165) is 43.7 Å². The van der Waals surface area contributed by atoms with Gasteiger partial charge in [0.2, 0.25) is 5.91 Å². The van der Waals surface area contributed by atoms with Crippen molar-refractivity contribution < 1.29 is 9.18 Å². The summed E-state index contributed by atoms with van der Waals surface area (Å²) in [5.41, 5.74) is 1.35. The third-order valence-electron chi connectivity index (χ3n) is 5.39. The van der Waals surface area contributed by atoms with Crippen molar-refractivity contribution in [2.45, 2.75) is 57.5 Å².